The Kier molecular flexibility index (Phi) is 7.26. The fraction of sp³-hybridized carbons (Fsp3) is 0.647. The highest BCUT2D eigenvalue weighted by molar-refractivity contribution is 5.25. The Morgan fingerprint density at radius 2 is 1.62 bits per heavy atom. The van der Waals surface area contributed by atoms with Crippen molar-refractivity contribution in [3.63, 3.8) is 0 Å². The summed E-state index contributed by atoms with van der Waals surface area (Å²) in [4.78, 5) is 2.32. The zero-order valence-corrected chi connectivity index (χ0v) is 13.7. The molecule has 1 aromatic rings. The van der Waals surface area contributed by atoms with E-state index >= 15 is 0 Å². The first-order chi connectivity index (χ1) is 9.81. The van der Waals surface area contributed by atoms with Gasteiger partial charge in [-0.05, 0) is 52.3 Å². The number of alkyl halides is 2. The monoisotopic (exact) mass is 298 g/mol. The zero-order chi connectivity index (χ0) is 16.0. The molecule has 0 saturated carbocycles. The van der Waals surface area contributed by atoms with E-state index in [-0.39, 0.29) is 12.6 Å². The van der Waals surface area contributed by atoms with Crippen LogP contribution < -0.4 is 5.32 Å². The lowest BCUT2D eigenvalue weighted by Crippen LogP contribution is -2.32. The van der Waals surface area contributed by atoms with E-state index in [1.165, 1.54) is 11.1 Å². The summed E-state index contributed by atoms with van der Waals surface area (Å²) in [5.74, 6) is 0. The summed E-state index contributed by atoms with van der Waals surface area (Å²) in [5, 5.41) is 2.84. The lowest BCUT2D eigenvalue weighted by molar-refractivity contribution is 0.142. The number of hydrogen-bond acceptors (Lipinski definition) is 2. The molecule has 0 aliphatic carbocycles. The van der Waals surface area contributed by atoms with Crippen molar-refractivity contribution in [1.29, 1.82) is 0 Å². The molecule has 120 valence electrons. The maximum atomic E-state index is 12.1. The summed E-state index contributed by atoms with van der Waals surface area (Å²) < 4.78 is 24.3. The van der Waals surface area contributed by atoms with E-state index < -0.39 is 6.43 Å². The summed E-state index contributed by atoms with van der Waals surface area (Å²) in [6.45, 7) is 8.26. The molecule has 0 fully saturated rings. The second kappa shape index (κ2) is 8.44. The van der Waals surface area contributed by atoms with Crippen molar-refractivity contribution in [1.82, 2.24) is 10.2 Å². The molecule has 4 heteroatoms. The highest BCUT2D eigenvalue weighted by Gasteiger charge is 2.14. The topological polar surface area (TPSA) is 15.3 Å². The smallest absolute Gasteiger partial charge is 0.250 e. The van der Waals surface area contributed by atoms with Crippen LogP contribution in [0, 0.1) is 0 Å². The fourth-order valence-corrected chi connectivity index (χ4v) is 2.33. The molecular formula is C17H28F2N2. The van der Waals surface area contributed by atoms with Crippen LogP contribution in [0.1, 0.15) is 44.9 Å². The van der Waals surface area contributed by atoms with E-state index in [2.05, 4.69) is 62.3 Å². The maximum absolute atomic E-state index is 12.1. The Bertz CT molecular complexity index is 404. The molecule has 1 N–H and O–H groups in total. The van der Waals surface area contributed by atoms with Crippen molar-refractivity contribution < 1.29 is 8.78 Å². The lowest BCUT2D eigenvalue weighted by atomic mass is 10.0. The maximum Gasteiger partial charge on any atom is 0.250 e. The highest BCUT2D eigenvalue weighted by atomic mass is 19.3. The molecule has 0 aliphatic heterocycles. The first-order valence-corrected chi connectivity index (χ1v) is 7.63. The number of nitrogens with zero attached hydrogens (tertiary/aromatic N) is 1. The minimum atomic E-state index is -2.29. The summed E-state index contributed by atoms with van der Waals surface area (Å²) in [6.07, 6.45) is -1.52. The normalized spacial score (nSPS) is 15.0. The van der Waals surface area contributed by atoms with E-state index in [1.54, 1.807) is 0 Å². The van der Waals surface area contributed by atoms with Crippen LogP contribution in [0.15, 0.2) is 24.3 Å². The van der Waals surface area contributed by atoms with Crippen LogP contribution in [0.25, 0.3) is 0 Å². The second-order valence-electron chi connectivity index (χ2n) is 6.08. The summed E-state index contributed by atoms with van der Waals surface area (Å²) in [6, 6.07) is 9.39. The minimum Gasteiger partial charge on any atom is -0.309 e. The summed E-state index contributed by atoms with van der Waals surface area (Å²) in [7, 11) is 2.12. The molecule has 1 rings (SSSR count). The molecule has 0 saturated heterocycles. The van der Waals surface area contributed by atoms with Gasteiger partial charge in [0.25, 0.3) is 6.43 Å². The van der Waals surface area contributed by atoms with Crippen LogP contribution in [-0.4, -0.2) is 37.0 Å². The predicted molar refractivity (Wildman–Crippen MR) is 84.9 cm³/mol. The van der Waals surface area contributed by atoms with Crippen LogP contribution in [0.3, 0.4) is 0 Å². The van der Waals surface area contributed by atoms with Crippen molar-refractivity contribution >= 4 is 0 Å². The van der Waals surface area contributed by atoms with Crippen LogP contribution in [0.5, 0.6) is 0 Å². The third kappa shape index (κ3) is 6.10. The first kappa shape index (κ1) is 18.1. The Balaban J connectivity index is 2.57. The van der Waals surface area contributed by atoms with Crippen molar-refractivity contribution in [2.24, 2.45) is 0 Å². The van der Waals surface area contributed by atoms with Crippen LogP contribution >= 0.6 is 0 Å². The average Bonchev–Trinajstić information content (AvgIpc) is 2.44. The Morgan fingerprint density at radius 1 is 1.05 bits per heavy atom. The molecule has 0 aliphatic rings. The van der Waals surface area contributed by atoms with Gasteiger partial charge in [-0.1, -0.05) is 24.3 Å². The highest BCUT2D eigenvalue weighted by Crippen LogP contribution is 2.21. The number of halogens is 2. The van der Waals surface area contributed by atoms with Gasteiger partial charge in [0, 0.05) is 18.1 Å². The van der Waals surface area contributed by atoms with E-state index in [4.69, 9.17) is 0 Å². The molecule has 0 spiro atoms. The Labute approximate surface area is 127 Å². The van der Waals surface area contributed by atoms with E-state index in [0.29, 0.717) is 12.1 Å². The van der Waals surface area contributed by atoms with Crippen molar-refractivity contribution in [2.45, 2.75) is 58.7 Å². The predicted octanol–water partition coefficient (Wildman–Crippen LogP) is 3.87. The van der Waals surface area contributed by atoms with E-state index in [1.807, 2.05) is 6.92 Å². The Hall–Kier alpha value is -1.00. The van der Waals surface area contributed by atoms with E-state index in [9.17, 15) is 8.78 Å². The SMILES string of the molecule is CC(Cc1ccc([C@@H](C)N(C)C(C)C)cc1)NCC(F)F. The number of benzene rings is 1. The van der Waals surface area contributed by atoms with Gasteiger partial charge in [0.05, 0.1) is 6.54 Å². The third-order valence-electron chi connectivity index (χ3n) is 4.05. The van der Waals surface area contributed by atoms with Crippen LogP contribution in [0.2, 0.25) is 0 Å². The molecule has 2 atom stereocenters. The molecule has 0 heterocycles. The average molecular weight is 298 g/mol. The van der Waals surface area contributed by atoms with Gasteiger partial charge in [-0.15, -0.1) is 0 Å². The molecule has 1 unspecified atom stereocenters. The van der Waals surface area contributed by atoms with E-state index in [0.717, 1.165) is 6.42 Å². The van der Waals surface area contributed by atoms with Crippen molar-refractivity contribution in [3.8, 4) is 0 Å². The fourth-order valence-electron chi connectivity index (χ4n) is 2.33. The molecular weight excluding hydrogens is 270 g/mol. The van der Waals surface area contributed by atoms with Gasteiger partial charge in [-0.2, -0.15) is 0 Å². The van der Waals surface area contributed by atoms with Crippen LogP contribution in [-0.2, 0) is 6.42 Å². The molecule has 0 bridgehead atoms. The van der Waals surface area contributed by atoms with Crippen molar-refractivity contribution in [3.05, 3.63) is 35.4 Å². The zero-order valence-electron chi connectivity index (χ0n) is 13.7. The molecule has 1 aromatic carbocycles. The van der Waals surface area contributed by atoms with Gasteiger partial charge in [-0.3, -0.25) is 4.90 Å². The number of rotatable bonds is 8. The number of nitrogens with one attached hydrogen (secondary N) is 1. The van der Waals surface area contributed by atoms with Gasteiger partial charge in [-0.25, -0.2) is 8.78 Å². The first-order valence-electron chi connectivity index (χ1n) is 7.63. The quantitative estimate of drug-likeness (QED) is 0.783. The van der Waals surface area contributed by atoms with Crippen LogP contribution in [0.4, 0.5) is 8.78 Å². The lowest BCUT2D eigenvalue weighted by Gasteiger charge is -2.29. The minimum absolute atomic E-state index is 0.0561. The standard InChI is InChI=1S/C17H28F2N2/c1-12(2)21(5)14(4)16-8-6-15(7-9-16)10-13(3)20-11-17(18)19/h6-9,12-14,17,20H,10-11H2,1-5H3/t13?,14-/m1/s1. The molecule has 0 amide bonds. The summed E-state index contributed by atoms with van der Waals surface area (Å²) in [5.41, 5.74) is 2.45. The summed E-state index contributed by atoms with van der Waals surface area (Å²) >= 11 is 0. The second-order valence-corrected chi connectivity index (χ2v) is 6.08. The molecule has 0 radical (unpaired) electrons. The van der Waals surface area contributed by atoms with Gasteiger partial charge in [0.2, 0.25) is 0 Å². The third-order valence-corrected chi connectivity index (χ3v) is 4.05. The molecule has 2 nitrogen and oxygen atoms in total. The van der Waals surface area contributed by atoms with Crippen molar-refractivity contribution in [2.75, 3.05) is 13.6 Å². The molecule has 21 heavy (non-hydrogen) atoms. The largest absolute Gasteiger partial charge is 0.309 e. The van der Waals surface area contributed by atoms with Gasteiger partial charge in [0.15, 0.2) is 0 Å². The van der Waals surface area contributed by atoms with Gasteiger partial charge in [0.1, 0.15) is 0 Å². The van der Waals surface area contributed by atoms with Gasteiger partial charge < -0.3 is 5.32 Å². The molecule has 0 aromatic heterocycles. The number of hydrogen-bond donors (Lipinski definition) is 1. The Morgan fingerprint density at radius 3 is 2.10 bits per heavy atom. The van der Waals surface area contributed by atoms with Gasteiger partial charge >= 0.3 is 0 Å².